The second kappa shape index (κ2) is 3.58. The van der Waals surface area contributed by atoms with E-state index >= 15 is 0 Å². The van der Waals surface area contributed by atoms with Crippen LogP contribution in [-0.4, -0.2) is 14.2 Å². The van der Waals surface area contributed by atoms with Gasteiger partial charge in [-0.15, -0.1) is 0 Å². The van der Waals surface area contributed by atoms with Crippen molar-refractivity contribution >= 4 is 10.8 Å². The molecule has 0 aliphatic carbocycles. The molecule has 0 aromatic heterocycles. The molecule has 0 atom stereocenters. The highest BCUT2D eigenvalue weighted by Gasteiger charge is 2.01. The van der Waals surface area contributed by atoms with Crippen molar-refractivity contribution in [2.24, 2.45) is 0 Å². The van der Waals surface area contributed by atoms with Crippen molar-refractivity contribution < 1.29 is 9.47 Å². The van der Waals surface area contributed by atoms with Crippen LogP contribution in [0.15, 0.2) is 30.3 Å². The Morgan fingerprint density at radius 2 is 1.93 bits per heavy atom. The zero-order valence-corrected chi connectivity index (χ0v) is 8.20. The summed E-state index contributed by atoms with van der Waals surface area (Å²) in [5, 5.41) is 2.06. The molecule has 0 spiro atoms. The first-order valence-electron chi connectivity index (χ1n) is 4.37. The number of hydrogen-bond donors (Lipinski definition) is 0. The number of rotatable bonds is 2. The third-order valence-corrected chi connectivity index (χ3v) is 2.19. The van der Waals surface area contributed by atoms with Gasteiger partial charge in [-0.25, -0.2) is 0 Å². The van der Waals surface area contributed by atoms with Gasteiger partial charge in [-0.3, -0.25) is 0 Å². The lowest BCUT2D eigenvalue weighted by Crippen LogP contribution is -1.86. The van der Waals surface area contributed by atoms with Gasteiger partial charge in [-0.1, -0.05) is 6.07 Å². The number of fused-ring (bicyclic) bond motifs is 1. The predicted octanol–water partition coefficient (Wildman–Crippen LogP) is 2.66. The molecule has 0 aliphatic heterocycles. The van der Waals surface area contributed by atoms with E-state index in [0.717, 1.165) is 22.3 Å². The van der Waals surface area contributed by atoms with Gasteiger partial charge < -0.3 is 9.47 Å². The summed E-state index contributed by atoms with van der Waals surface area (Å²) >= 11 is 0. The first-order valence-corrected chi connectivity index (χ1v) is 4.37. The molecule has 14 heavy (non-hydrogen) atoms. The fourth-order valence-electron chi connectivity index (χ4n) is 1.45. The third kappa shape index (κ3) is 1.39. The summed E-state index contributed by atoms with van der Waals surface area (Å²) in [7, 11) is 3.31. The first-order chi connectivity index (χ1) is 6.85. The van der Waals surface area contributed by atoms with Gasteiger partial charge in [0.15, 0.2) is 0 Å². The number of methoxy groups -OCH3 is 2. The normalized spacial score (nSPS) is 10.1. The van der Waals surface area contributed by atoms with Gasteiger partial charge >= 0.3 is 0 Å². The molecular weight excluding hydrogens is 176 g/mol. The highest BCUT2D eigenvalue weighted by molar-refractivity contribution is 5.89. The average molecular weight is 187 g/mol. The van der Waals surface area contributed by atoms with Crippen molar-refractivity contribution in [3.63, 3.8) is 0 Å². The minimum Gasteiger partial charge on any atom is -0.497 e. The molecule has 0 saturated carbocycles. The zero-order valence-electron chi connectivity index (χ0n) is 8.20. The lowest BCUT2D eigenvalue weighted by atomic mass is 10.1. The Hall–Kier alpha value is -1.70. The standard InChI is InChI=1S/C12H11O2/c1-13-10-7-6-9-4-3-5-12(14-2)11(9)8-10/h3,5-8H,1-2H3. The van der Waals surface area contributed by atoms with E-state index in [0.29, 0.717) is 0 Å². The van der Waals surface area contributed by atoms with Gasteiger partial charge in [-0.2, -0.15) is 0 Å². The Labute approximate surface area is 83.1 Å². The van der Waals surface area contributed by atoms with Crippen LogP contribution in [0.3, 0.4) is 0 Å². The smallest absolute Gasteiger partial charge is 0.126 e. The number of ether oxygens (including phenoxy) is 2. The van der Waals surface area contributed by atoms with Gasteiger partial charge in [0, 0.05) is 5.39 Å². The molecule has 0 saturated heterocycles. The highest BCUT2D eigenvalue weighted by atomic mass is 16.5. The van der Waals surface area contributed by atoms with Crippen LogP contribution in [-0.2, 0) is 0 Å². The Morgan fingerprint density at radius 1 is 1.07 bits per heavy atom. The van der Waals surface area contributed by atoms with Crippen molar-refractivity contribution in [1.82, 2.24) is 0 Å². The van der Waals surface area contributed by atoms with Crippen molar-refractivity contribution in [3.8, 4) is 11.5 Å². The molecule has 0 heterocycles. The maximum atomic E-state index is 5.25. The molecule has 0 N–H and O–H groups in total. The topological polar surface area (TPSA) is 18.5 Å². The van der Waals surface area contributed by atoms with E-state index in [9.17, 15) is 0 Å². The third-order valence-electron chi connectivity index (χ3n) is 2.19. The molecule has 0 unspecified atom stereocenters. The first kappa shape index (κ1) is 8.88. The van der Waals surface area contributed by atoms with E-state index in [2.05, 4.69) is 6.07 Å². The van der Waals surface area contributed by atoms with Crippen molar-refractivity contribution in [3.05, 3.63) is 36.4 Å². The van der Waals surface area contributed by atoms with Gasteiger partial charge in [0.05, 0.1) is 14.2 Å². The minimum absolute atomic E-state index is 0.829. The molecular formula is C12H11O2. The Morgan fingerprint density at radius 3 is 2.64 bits per heavy atom. The predicted molar refractivity (Wildman–Crippen MR) is 55.9 cm³/mol. The van der Waals surface area contributed by atoms with Crippen molar-refractivity contribution in [1.29, 1.82) is 0 Å². The molecule has 71 valence electrons. The van der Waals surface area contributed by atoms with E-state index in [4.69, 9.17) is 9.47 Å². The Kier molecular flexibility index (Phi) is 2.27. The average Bonchev–Trinajstić information content (AvgIpc) is 2.27. The fraction of sp³-hybridized carbons (Fsp3) is 0.167. The molecule has 2 rings (SSSR count). The molecule has 1 radical (unpaired) electrons. The fourth-order valence-corrected chi connectivity index (χ4v) is 1.45. The summed E-state index contributed by atoms with van der Waals surface area (Å²) < 4.78 is 10.4. The summed E-state index contributed by atoms with van der Waals surface area (Å²) in [6.45, 7) is 0. The minimum atomic E-state index is 0.829. The maximum Gasteiger partial charge on any atom is 0.126 e. The van der Waals surface area contributed by atoms with E-state index in [1.165, 1.54) is 0 Å². The monoisotopic (exact) mass is 187 g/mol. The molecule has 0 fully saturated rings. The van der Waals surface area contributed by atoms with Crippen LogP contribution in [0.2, 0.25) is 0 Å². The molecule has 2 aromatic carbocycles. The van der Waals surface area contributed by atoms with E-state index in [-0.39, 0.29) is 0 Å². The van der Waals surface area contributed by atoms with Gasteiger partial charge in [0.1, 0.15) is 11.5 Å². The number of hydrogen-bond acceptors (Lipinski definition) is 2. The van der Waals surface area contributed by atoms with Crippen LogP contribution < -0.4 is 9.47 Å². The van der Waals surface area contributed by atoms with Crippen LogP contribution in [0.25, 0.3) is 10.8 Å². The van der Waals surface area contributed by atoms with Crippen LogP contribution in [0.5, 0.6) is 11.5 Å². The van der Waals surface area contributed by atoms with E-state index < -0.39 is 0 Å². The van der Waals surface area contributed by atoms with Crippen molar-refractivity contribution in [2.75, 3.05) is 14.2 Å². The molecule has 0 bridgehead atoms. The van der Waals surface area contributed by atoms with Crippen LogP contribution in [0.1, 0.15) is 0 Å². The molecule has 0 aliphatic rings. The van der Waals surface area contributed by atoms with Gasteiger partial charge in [-0.05, 0) is 35.7 Å². The van der Waals surface area contributed by atoms with Crippen LogP contribution >= 0.6 is 0 Å². The van der Waals surface area contributed by atoms with Crippen LogP contribution in [0, 0.1) is 6.07 Å². The molecule has 2 nitrogen and oxygen atoms in total. The van der Waals surface area contributed by atoms with Crippen molar-refractivity contribution in [2.45, 2.75) is 0 Å². The molecule has 2 aromatic rings. The van der Waals surface area contributed by atoms with E-state index in [1.807, 2.05) is 30.3 Å². The zero-order chi connectivity index (χ0) is 9.97. The molecule has 0 amide bonds. The largest absolute Gasteiger partial charge is 0.497 e. The maximum absolute atomic E-state index is 5.25. The molecule has 2 heteroatoms. The van der Waals surface area contributed by atoms with Gasteiger partial charge in [0.2, 0.25) is 0 Å². The lowest BCUT2D eigenvalue weighted by molar-refractivity contribution is 0.412. The summed E-state index contributed by atoms with van der Waals surface area (Å²) in [6.07, 6.45) is 0. The quantitative estimate of drug-likeness (QED) is 0.719. The summed E-state index contributed by atoms with van der Waals surface area (Å²) in [6, 6.07) is 12.7. The summed E-state index contributed by atoms with van der Waals surface area (Å²) in [4.78, 5) is 0. The summed E-state index contributed by atoms with van der Waals surface area (Å²) in [5.74, 6) is 1.67. The van der Waals surface area contributed by atoms with Crippen LogP contribution in [0.4, 0.5) is 0 Å². The second-order valence-corrected chi connectivity index (χ2v) is 2.96. The Balaban J connectivity index is 2.70. The van der Waals surface area contributed by atoms with Gasteiger partial charge in [0.25, 0.3) is 0 Å². The Bertz CT molecular complexity index is 449. The SMILES string of the molecule is COc1ccc2[c]ccc(OC)c2c1. The van der Waals surface area contributed by atoms with E-state index in [1.54, 1.807) is 14.2 Å². The summed E-state index contributed by atoms with van der Waals surface area (Å²) in [5.41, 5.74) is 0. The highest BCUT2D eigenvalue weighted by Crippen LogP contribution is 2.28. The lowest BCUT2D eigenvalue weighted by Gasteiger charge is -2.06. The number of benzene rings is 2. The second-order valence-electron chi connectivity index (χ2n) is 2.96.